The number of hydrogen-bond acceptors (Lipinski definition) is 2. The molecule has 0 amide bonds. The lowest BCUT2D eigenvalue weighted by Crippen LogP contribution is -1.95. The summed E-state index contributed by atoms with van der Waals surface area (Å²) in [6, 6.07) is 14.3. The van der Waals surface area contributed by atoms with Gasteiger partial charge in [-0.25, -0.2) is 0 Å². The van der Waals surface area contributed by atoms with Crippen molar-refractivity contribution in [2.45, 2.75) is 6.61 Å². The Kier molecular flexibility index (Phi) is 4.09. The Morgan fingerprint density at radius 1 is 1.00 bits per heavy atom. The predicted octanol–water partition coefficient (Wildman–Crippen LogP) is 4.44. The molecular formula is C14H9Cl2NO. The number of hydrogen-bond donors (Lipinski definition) is 0. The van der Waals surface area contributed by atoms with E-state index in [1.807, 2.05) is 12.1 Å². The van der Waals surface area contributed by atoms with E-state index >= 15 is 0 Å². The van der Waals surface area contributed by atoms with Gasteiger partial charge < -0.3 is 4.74 Å². The van der Waals surface area contributed by atoms with Gasteiger partial charge in [-0.05, 0) is 35.9 Å². The molecule has 0 fully saturated rings. The summed E-state index contributed by atoms with van der Waals surface area (Å²) in [6.45, 7) is 0.405. The van der Waals surface area contributed by atoms with Gasteiger partial charge in [0, 0.05) is 10.0 Å². The molecule has 2 rings (SSSR count). The SMILES string of the molecule is N#Cc1ccc(COc2cc(Cl)cc(Cl)c2)cc1. The molecule has 0 spiro atoms. The van der Waals surface area contributed by atoms with E-state index in [9.17, 15) is 0 Å². The second-order valence-electron chi connectivity index (χ2n) is 3.70. The van der Waals surface area contributed by atoms with Crippen molar-refractivity contribution in [2.24, 2.45) is 0 Å². The average Bonchev–Trinajstić information content (AvgIpc) is 2.36. The molecule has 0 bridgehead atoms. The van der Waals surface area contributed by atoms with Gasteiger partial charge in [0.25, 0.3) is 0 Å². The lowest BCUT2D eigenvalue weighted by Gasteiger charge is -2.07. The number of benzene rings is 2. The van der Waals surface area contributed by atoms with Gasteiger partial charge in [-0.1, -0.05) is 35.3 Å². The highest BCUT2D eigenvalue weighted by molar-refractivity contribution is 6.34. The number of halogens is 2. The van der Waals surface area contributed by atoms with Gasteiger partial charge in [-0.3, -0.25) is 0 Å². The molecule has 0 aliphatic rings. The Balaban J connectivity index is 2.04. The van der Waals surface area contributed by atoms with Crippen molar-refractivity contribution in [1.82, 2.24) is 0 Å². The summed E-state index contributed by atoms with van der Waals surface area (Å²) in [5.41, 5.74) is 1.61. The van der Waals surface area contributed by atoms with E-state index in [1.54, 1.807) is 30.3 Å². The normalized spacial score (nSPS) is 9.83. The maximum absolute atomic E-state index is 8.69. The molecule has 0 aromatic heterocycles. The van der Waals surface area contributed by atoms with Crippen LogP contribution < -0.4 is 4.74 Å². The summed E-state index contributed by atoms with van der Waals surface area (Å²) < 4.78 is 5.58. The van der Waals surface area contributed by atoms with E-state index in [2.05, 4.69) is 6.07 Å². The van der Waals surface area contributed by atoms with E-state index in [-0.39, 0.29) is 0 Å². The summed E-state index contributed by atoms with van der Waals surface area (Å²) in [5, 5.41) is 9.77. The Morgan fingerprint density at radius 2 is 1.61 bits per heavy atom. The maximum atomic E-state index is 8.69. The average molecular weight is 278 g/mol. The first-order valence-electron chi connectivity index (χ1n) is 5.25. The van der Waals surface area contributed by atoms with Crippen LogP contribution in [0.2, 0.25) is 10.0 Å². The van der Waals surface area contributed by atoms with Gasteiger partial charge in [0.1, 0.15) is 12.4 Å². The van der Waals surface area contributed by atoms with Gasteiger partial charge in [0.15, 0.2) is 0 Å². The number of nitrogens with zero attached hydrogens (tertiary/aromatic N) is 1. The third kappa shape index (κ3) is 3.40. The fraction of sp³-hybridized carbons (Fsp3) is 0.0714. The van der Waals surface area contributed by atoms with Crippen LogP contribution in [0.3, 0.4) is 0 Å². The fourth-order valence-corrected chi connectivity index (χ4v) is 1.96. The van der Waals surface area contributed by atoms with Gasteiger partial charge in [0.05, 0.1) is 11.6 Å². The molecule has 0 aliphatic heterocycles. The van der Waals surface area contributed by atoms with Crippen LogP contribution in [0.1, 0.15) is 11.1 Å². The highest BCUT2D eigenvalue weighted by Crippen LogP contribution is 2.24. The summed E-state index contributed by atoms with van der Waals surface area (Å²) in [5.74, 6) is 0.622. The quantitative estimate of drug-likeness (QED) is 0.831. The van der Waals surface area contributed by atoms with E-state index in [1.165, 1.54) is 0 Å². The first-order valence-corrected chi connectivity index (χ1v) is 6.01. The molecule has 0 saturated carbocycles. The van der Waals surface area contributed by atoms with Crippen LogP contribution in [-0.2, 0) is 6.61 Å². The van der Waals surface area contributed by atoms with E-state index in [0.29, 0.717) is 28.0 Å². The molecule has 2 aromatic carbocycles. The van der Waals surface area contributed by atoms with E-state index in [0.717, 1.165) is 5.56 Å². The molecule has 0 N–H and O–H groups in total. The van der Waals surface area contributed by atoms with E-state index in [4.69, 9.17) is 33.2 Å². The smallest absolute Gasteiger partial charge is 0.122 e. The molecule has 0 aliphatic carbocycles. The van der Waals surface area contributed by atoms with Crippen molar-refractivity contribution in [1.29, 1.82) is 5.26 Å². The Morgan fingerprint density at radius 3 is 2.17 bits per heavy atom. The molecule has 0 radical (unpaired) electrons. The molecular weight excluding hydrogens is 269 g/mol. The van der Waals surface area contributed by atoms with Gasteiger partial charge in [0.2, 0.25) is 0 Å². The lowest BCUT2D eigenvalue weighted by molar-refractivity contribution is 0.306. The van der Waals surface area contributed by atoms with Crippen LogP contribution in [0, 0.1) is 11.3 Å². The summed E-state index contributed by atoms with van der Waals surface area (Å²) in [6.07, 6.45) is 0. The number of nitriles is 1. The maximum Gasteiger partial charge on any atom is 0.122 e. The summed E-state index contributed by atoms with van der Waals surface area (Å²) in [7, 11) is 0. The van der Waals surface area contributed by atoms with Gasteiger partial charge in [-0.15, -0.1) is 0 Å². The third-order valence-corrected chi connectivity index (χ3v) is 2.76. The highest BCUT2D eigenvalue weighted by atomic mass is 35.5. The van der Waals surface area contributed by atoms with Crippen LogP contribution in [-0.4, -0.2) is 0 Å². The molecule has 2 aromatic rings. The predicted molar refractivity (Wildman–Crippen MR) is 72.0 cm³/mol. The van der Waals surface area contributed by atoms with Crippen LogP contribution in [0.4, 0.5) is 0 Å². The highest BCUT2D eigenvalue weighted by Gasteiger charge is 2.00. The standard InChI is InChI=1S/C14H9Cl2NO/c15-12-5-13(16)7-14(6-12)18-9-11-3-1-10(8-17)2-4-11/h1-7H,9H2. The van der Waals surface area contributed by atoms with Crippen LogP contribution in [0.25, 0.3) is 0 Å². The van der Waals surface area contributed by atoms with Crippen LogP contribution in [0.15, 0.2) is 42.5 Å². The topological polar surface area (TPSA) is 33.0 Å². The Labute approximate surface area is 115 Å². The fourth-order valence-electron chi connectivity index (χ4n) is 1.45. The lowest BCUT2D eigenvalue weighted by atomic mass is 10.2. The van der Waals surface area contributed by atoms with Crippen molar-refractivity contribution in [3.05, 3.63) is 63.6 Å². The third-order valence-electron chi connectivity index (χ3n) is 2.32. The van der Waals surface area contributed by atoms with Gasteiger partial charge in [-0.2, -0.15) is 5.26 Å². The minimum atomic E-state index is 0.405. The van der Waals surface area contributed by atoms with Crippen LogP contribution in [0.5, 0.6) is 5.75 Å². The Hall–Kier alpha value is -1.69. The zero-order valence-electron chi connectivity index (χ0n) is 9.36. The molecule has 18 heavy (non-hydrogen) atoms. The molecule has 0 unspecified atom stereocenters. The second-order valence-corrected chi connectivity index (χ2v) is 4.58. The largest absolute Gasteiger partial charge is 0.489 e. The molecule has 0 saturated heterocycles. The first-order chi connectivity index (χ1) is 8.67. The number of ether oxygens (including phenoxy) is 1. The second kappa shape index (κ2) is 5.77. The van der Waals surface area contributed by atoms with Crippen molar-refractivity contribution < 1.29 is 4.74 Å². The van der Waals surface area contributed by atoms with Crippen molar-refractivity contribution >= 4 is 23.2 Å². The molecule has 4 heteroatoms. The minimum Gasteiger partial charge on any atom is -0.489 e. The summed E-state index contributed by atoms with van der Waals surface area (Å²) in [4.78, 5) is 0. The van der Waals surface area contributed by atoms with E-state index < -0.39 is 0 Å². The minimum absolute atomic E-state index is 0.405. The molecule has 0 heterocycles. The van der Waals surface area contributed by atoms with Gasteiger partial charge >= 0.3 is 0 Å². The molecule has 90 valence electrons. The van der Waals surface area contributed by atoms with Crippen molar-refractivity contribution in [2.75, 3.05) is 0 Å². The first kappa shape index (κ1) is 12.8. The van der Waals surface area contributed by atoms with Crippen molar-refractivity contribution in [3.8, 4) is 11.8 Å². The molecule has 2 nitrogen and oxygen atoms in total. The zero-order chi connectivity index (χ0) is 13.0. The van der Waals surface area contributed by atoms with Crippen molar-refractivity contribution in [3.63, 3.8) is 0 Å². The summed E-state index contributed by atoms with van der Waals surface area (Å²) >= 11 is 11.7. The number of rotatable bonds is 3. The Bertz CT molecular complexity index is 567. The monoisotopic (exact) mass is 277 g/mol. The van der Waals surface area contributed by atoms with Crippen LogP contribution >= 0.6 is 23.2 Å². The molecule has 0 atom stereocenters. The zero-order valence-corrected chi connectivity index (χ0v) is 10.9.